The largest absolute Gasteiger partial charge is 0.481 e. The van der Waals surface area contributed by atoms with Gasteiger partial charge in [0.2, 0.25) is 0 Å². The Kier molecular flexibility index (Phi) is 37.8. The first-order valence-corrected chi connectivity index (χ1v) is 16.6. The van der Waals surface area contributed by atoms with E-state index in [1.165, 1.54) is 83.5 Å². The minimum Gasteiger partial charge on any atom is -0.481 e. The second kappa shape index (κ2) is 35.5. The van der Waals surface area contributed by atoms with Crippen LogP contribution in [0, 0.1) is 5.41 Å². The van der Waals surface area contributed by atoms with Crippen LogP contribution in [0.3, 0.4) is 0 Å². The zero-order chi connectivity index (χ0) is 32.3. The number of hydrogen-bond acceptors (Lipinski definition) is 6. The van der Waals surface area contributed by atoms with Gasteiger partial charge in [-0.25, -0.2) is 0 Å². The van der Waals surface area contributed by atoms with Gasteiger partial charge in [0.05, 0.1) is 19.8 Å². The van der Waals surface area contributed by atoms with Gasteiger partial charge in [-0.05, 0) is 25.7 Å². The van der Waals surface area contributed by atoms with Gasteiger partial charge in [0.15, 0.2) is 0 Å². The number of carboxylic acid groups (broad SMARTS) is 3. The molecule has 0 fully saturated rings. The Morgan fingerprint density at radius 3 is 0.762 bits per heavy atom. The molecular formula is C33H66O9. The zero-order valence-corrected chi connectivity index (χ0v) is 27.0. The van der Waals surface area contributed by atoms with Crippen molar-refractivity contribution in [1.82, 2.24) is 0 Å². The highest BCUT2D eigenvalue weighted by Crippen LogP contribution is 2.18. The predicted molar refractivity (Wildman–Crippen MR) is 169 cm³/mol. The highest BCUT2D eigenvalue weighted by Gasteiger charge is 2.24. The van der Waals surface area contributed by atoms with Gasteiger partial charge in [0, 0.05) is 24.7 Å². The third-order valence-electron chi connectivity index (χ3n) is 7.53. The fourth-order valence-electron chi connectivity index (χ4n) is 4.22. The molecule has 0 heterocycles. The van der Waals surface area contributed by atoms with Crippen LogP contribution in [0.2, 0.25) is 0 Å². The highest BCUT2D eigenvalue weighted by atomic mass is 16.4. The molecule has 0 spiro atoms. The van der Waals surface area contributed by atoms with Gasteiger partial charge in [-0.2, -0.15) is 0 Å². The molecule has 0 saturated heterocycles. The van der Waals surface area contributed by atoms with Crippen LogP contribution in [0.1, 0.15) is 168 Å². The maximum absolute atomic E-state index is 10.3. The monoisotopic (exact) mass is 606 g/mol. The number of aliphatic carboxylic acids is 3. The maximum Gasteiger partial charge on any atom is 0.303 e. The Hall–Kier alpha value is -1.71. The third-order valence-corrected chi connectivity index (χ3v) is 7.53. The van der Waals surface area contributed by atoms with E-state index in [0.29, 0.717) is 25.7 Å². The van der Waals surface area contributed by atoms with Crippen LogP contribution in [0.5, 0.6) is 0 Å². The second-order valence-electron chi connectivity index (χ2n) is 11.5. The van der Waals surface area contributed by atoms with Crippen LogP contribution in [0.25, 0.3) is 0 Å². The lowest BCUT2D eigenvalue weighted by molar-refractivity contribution is -0.138. The van der Waals surface area contributed by atoms with E-state index in [0.717, 1.165) is 32.1 Å². The van der Waals surface area contributed by atoms with Crippen molar-refractivity contribution in [2.24, 2.45) is 5.41 Å². The Morgan fingerprint density at radius 1 is 0.405 bits per heavy atom. The van der Waals surface area contributed by atoms with Crippen molar-refractivity contribution in [2.45, 2.75) is 168 Å². The molecule has 0 aliphatic heterocycles. The van der Waals surface area contributed by atoms with E-state index in [9.17, 15) is 14.4 Å². The van der Waals surface area contributed by atoms with Crippen LogP contribution < -0.4 is 0 Å². The number of carbonyl (C=O) groups is 3. The van der Waals surface area contributed by atoms with Gasteiger partial charge in [0.25, 0.3) is 0 Å². The summed E-state index contributed by atoms with van der Waals surface area (Å²) in [4.78, 5) is 30.5. The number of aliphatic hydroxyl groups excluding tert-OH is 3. The predicted octanol–water partition coefficient (Wildman–Crippen LogP) is 7.58. The zero-order valence-electron chi connectivity index (χ0n) is 27.0. The lowest BCUT2D eigenvalue weighted by Crippen LogP contribution is -2.32. The van der Waals surface area contributed by atoms with Crippen molar-refractivity contribution >= 4 is 17.9 Å². The molecule has 0 aromatic heterocycles. The molecule has 0 amide bonds. The van der Waals surface area contributed by atoms with Gasteiger partial charge in [-0.3, -0.25) is 14.4 Å². The summed E-state index contributed by atoms with van der Waals surface area (Å²) in [6.45, 7) is 3.62. The van der Waals surface area contributed by atoms with E-state index in [1.54, 1.807) is 0 Å². The van der Waals surface area contributed by atoms with Gasteiger partial charge < -0.3 is 30.6 Å². The van der Waals surface area contributed by atoms with Crippen LogP contribution in [0.4, 0.5) is 0 Å². The van der Waals surface area contributed by atoms with E-state index in [1.807, 2.05) is 6.92 Å². The van der Waals surface area contributed by atoms with Crippen LogP contribution in [0.15, 0.2) is 0 Å². The molecule has 0 atom stereocenters. The van der Waals surface area contributed by atoms with Gasteiger partial charge in [0.1, 0.15) is 0 Å². The lowest BCUT2D eigenvalue weighted by Gasteiger charge is -2.24. The van der Waals surface area contributed by atoms with Gasteiger partial charge >= 0.3 is 17.9 Å². The van der Waals surface area contributed by atoms with E-state index in [4.69, 9.17) is 30.6 Å². The summed E-state index contributed by atoms with van der Waals surface area (Å²) in [5.74, 6) is -2.17. The molecule has 0 rings (SSSR count). The summed E-state index contributed by atoms with van der Waals surface area (Å²) in [5.41, 5.74) is -0.667. The van der Waals surface area contributed by atoms with Gasteiger partial charge in [-0.1, -0.05) is 123 Å². The first-order chi connectivity index (χ1) is 20.1. The second-order valence-corrected chi connectivity index (χ2v) is 11.5. The molecular weight excluding hydrogens is 540 g/mol. The smallest absolute Gasteiger partial charge is 0.303 e. The number of rotatable bonds is 28. The molecule has 0 unspecified atom stereocenters. The van der Waals surface area contributed by atoms with Crippen LogP contribution in [-0.2, 0) is 14.4 Å². The van der Waals surface area contributed by atoms with Crippen molar-refractivity contribution < 1.29 is 45.0 Å². The summed E-state index contributed by atoms with van der Waals surface area (Å²) >= 11 is 0. The average molecular weight is 607 g/mol. The Balaban J connectivity index is -0.000000593. The molecule has 0 bridgehead atoms. The molecule has 0 aromatic carbocycles. The molecule has 252 valence electrons. The fourth-order valence-corrected chi connectivity index (χ4v) is 4.22. The average Bonchev–Trinajstić information content (AvgIpc) is 2.96. The van der Waals surface area contributed by atoms with Crippen molar-refractivity contribution in [3.05, 3.63) is 0 Å². The molecule has 0 radical (unpaired) electrons. The summed E-state index contributed by atoms with van der Waals surface area (Å²) in [7, 11) is 0. The van der Waals surface area contributed by atoms with Crippen molar-refractivity contribution in [3.8, 4) is 0 Å². The Bertz CT molecular complexity index is 557. The van der Waals surface area contributed by atoms with Crippen molar-refractivity contribution in [3.63, 3.8) is 0 Å². The molecule has 0 aromatic rings. The quantitative estimate of drug-likeness (QED) is 0.0491. The first kappa shape index (κ1) is 44.7. The highest BCUT2D eigenvalue weighted by molar-refractivity contribution is 5.67. The molecule has 0 aliphatic rings. The molecule has 0 aliphatic carbocycles. The molecule has 9 nitrogen and oxygen atoms in total. The van der Waals surface area contributed by atoms with Crippen LogP contribution >= 0.6 is 0 Å². The van der Waals surface area contributed by atoms with Gasteiger partial charge in [-0.15, -0.1) is 0 Å². The SMILES string of the molecule is CCC(CO)(CO)CO.CCCCCCCCCCCCCCCCCC(=O)O.O=C(O)CCCCCCCC(=O)O. The van der Waals surface area contributed by atoms with E-state index < -0.39 is 23.3 Å². The molecule has 6 N–H and O–H groups in total. The lowest BCUT2D eigenvalue weighted by atomic mass is 9.88. The number of unbranched alkanes of at least 4 members (excludes halogenated alkanes) is 18. The summed E-state index contributed by atoms with van der Waals surface area (Å²) in [6.07, 6.45) is 25.3. The molecule has 9 heteroatoms. The third kappa shape index (κ3) is 38.3. The standard InChI is InChI=1S/C18H36O2.C9H16O4.C6H14O3/c1-2-3-4-5-6-7-8-9-10-11-12-13-14-15-16-17-18(19)20;10-8(11)6-4-2-1-3-5-7-9(12)13;1-2-6(3-7,4-8)5-9/h2-17H2,1H3,(H,19,20);1-7H2,(H,10,11)(H,12,13);7-9H,2-5H2,1H3. The fraction of sp³-hybridized carbons (Fsp3) is 0.909. The molecule has 0 saturated carbocycles. The summed E-state index contributed by atoms with van der Waals surface area (Å²) < 4.78 is 0. The van der Waals surface area contributed by atoms with E-state index in [2.05, 4.69) is 6.92 Å². The minimum atomic E-state index is -0.759. The Labute approximate surface area is 256 Å². The van der Waals surface area contributed by atoms with Crippen molar-refractivity contribution in [1.29, 1.82) is 0 Å². The van der Waals surface area contributed by atoms with Crippen LogP contribution in [-0.4, -0.2) is 68.4 Å². The Morgan fingerprint density at radius 2 is 0.619 bits per heavy atom. The topological polar surface area (TPSA) is 173 Å². The van der Waals surface area contributed by atoms with Crippen molar-refractivity contribution in [2.75, 3.05) is 19.8 Å². The number of aliphatic hydroxyl groups is 3. The number of hydrogen-bond donors (Lipinski definition) is 6. The normalized spacial score (nSPS) is 10.8. The summed E-state index contributed by atoms with van der Waals surface area (Å²) in [5, 5.41) is 51.1. The van der Waals surface area contributed by atoms with E-state index >= 15 is 0 Å². The number of carboxylic acids is 3. The maximum atomic E-state index is 10.3. The van der Waals surface area contributed by atoms with E-state index in [-0.39, 0.29) is 32.7 Å². The molecule has 42 heavy (non-hydrogen) atoms. The first-order valence-electron chi connectivity index (χ1n) is 16.6. The minimum absolute atomic E-state index is 0.156. The summed E-state index contributed by atoms with van der Waals surface area (Å²) in [6, 6.07) is 0.